The van der Waals surface area contributed by atoms with Crippen LogP contribution in [0.3, 0.4) is 0 Å². The Balaban J connectivity index is 2.03. The molecular weight excluding hydrogens is 265 g/mol. The molecule has 3 heteroatoms. The number of carbonyl (C=O) groups excluding carboxylic acids is 1. The molecule has 1 fully saturated rings. The smallest absolute Gasteiger partial charge is 0.230 e. The molecule has 2 rings (SSSR count). The van der Waals surface area contributed by atoms with Crippen molar-refractivity contribution in [3.63, 3.8) is 0 Å². The van der Waals surface area contributed by atoms with Gasteiger partial charge >= 0.3 is 0 Å². The molecule has 0 atom stereocenters. The second-order valence-corrected chi connectivity index (χ2v) is 7.03. The first-order valence-corrected chi connectivity index (χ1v) is 8.38. The lowest BCUT2D eigenvalue weighted by atomic mass is 9.69. The van der Waals surface area contributed by atoms with Crippen LogP contribution < -0.4 is 5.32 Å². The summed E-state index contributed by atoms with van der Waals surface area (Å²) in [5, 5.41) is 3.08. The van der Waals surface area contributed by atoms with Crippen molar-refractivity contribution < 1.29 is 9.18 Å². The Morgan fingerprint density at radius 2 is 1.95 bits per heavy atom. The SMILES string of the molecule is CC(C)CCC1(C(=O)NC2=CC=C(F)CC2)CCCCC1. The molecule has 2 aliphatic carbocycles. The van der Waals surface area contributed by atoms with Crippen molar-refractivity contribution in [2.24, 2.45) is 11.3 Å². The van der Waals surface area contributed by atoms with Gasteiger partial charge in [-0.05, 0) is 50.2 Å². The van der Waals surface area contributed by atoms with Gasteiger partial charge in [-0.1, -0.05) is 33.1 Å². The number of nitrogens with one attached hydrogen (secondary N) is 1. The number of allylic oxidation sites excluding steroid dienone is 4. The van der Waals surface area contributed by atoms with Gasteiger partial charge in [0.1, 0.15) is 5.83 Å². The van der Waals surface area contributed by atoms with Crippen LogP contribution in [0, 0.1) is 11.3 Å². The van der Waals surface area contributed by atoms with Crippen LogP contribution in [0.1, 0.15) is 71.6 Å². The molecule has 0 spiro atoms. The third kappa shape index (κ3) is 4.42. The molecule has 0 aliphatic heterocycles. The summed E-state index contributed by atoms with van der Waals surface area (Å²) in [7, 11) is 0. The van der Waals surface area contributed by atoms with Gasteiger partial charge in [-0.25, -0.2) is 4.39 Å². The molecule has 0 unspecified atom stereocenters. The molecule has 2 aliphatic rings. The van der Waals surface area contributed by atoms with E-state index < -0.39 is 0 Å². The van der Waals surface area contributed by atoms with E-state index in [1.165, 1.54) is 12.5 Å². The molecule has 0 aromatic rings. The van der Waals surface area contributed by atoms with Gasteiger partial charge in [0.2, 0.25) is 5.91 Å². The van der Waals surface area contributed by atoms with Crippen molar-refractivity contribution in [3.05, 3.63) is 23.7 Å². The highest BCUT2D eigenvalue weighted by Gasteiger charge is 2.39. The molecule has 21 heavy (non-hydrogen) atoms. The fraction of sp³-hybridized carbons (Fsp3) is 0.722. The van der Waals surface area contributed by atoms with E-state index in [4.69, 9.17) is 0 Å². The number of hydrogen-bond donors (Lipinski definition) is 1. The maximum Gasteiger partial charge on any atom is 0.230 e. The van der Waals surface area contributed by atoms with E-state index >= 15 is 0 Å². The van der Waals surface area contributed by atoms with E-state index in [1.807, 2.05) is 0 Å². The highest BCUT2D eigenvalue weighted by Crippen LogP contribution is 2.41. The van der Waals surface area contributed by atoms with Crippen LogP contribution in [-0.2, 0) is 4.79 Å². The molecule has 0 aromatic heterocycles. The molecule has 1 saturated carbocycles. The fourth-order valence-corrected chi connectivity index (χ4v) is 3.38. The van der Waals surface area contributed by atoms with Gasteiger partial charge in [0.25, 0.3) is 0 Å². The molecule has 118 valence electrons. The van der Waals surface area contributed by atoms with E-state index in [9.17, 15) is 9.18 Å². The van der Waals surface area contributed by atoms with Gasteiger partial charge < -0.3 is 5.32 Å². The Bertz CT molecular complexity index is 430. The number of rotatable bonds is 5. The molecule has 0 radical (unpaired) electrons. The normalized spacial score (nSPS) is 21.7. The summed E-state index contributed by atoms with van der Waals surface area (Å²) in [5.41, 5.74) is 0.680. The van der Waals surface area contributed by atoms with E-state index in [0.29, 0.717) is 18.8 Å². The number of carbonyl (C=O) groups is 1. The second kappa shape index (κ2) is 7.24. The average molecular weight is 293 g/mol. The summed E-state index contributed by atoms with van der Waals surface area (Å²) in [4.78, 5) is 12.8. The lowest BCUT2D eigenvalue weighted by Gasteiger charge is -2.37. The van der Waals surface area contributed by atoms with Gasteiger partial charge in [-0.3, -0.25) is 4.79 Å². The fourth-order valence-electron chi connectivity index (χ4n) is 3.38. The number of amides is 1. The summed E-state index contributed by atoms with van der Waals surface area (Å²) in [6, 6.07) is 0. The van der Waals surface area contributed by atoms with Gasteiger partial charge in [0, 0.05) is 17.5 Å². The lowest BCUT2D eigenvalue weighted by Crippen LogP contribution is -2.42. The van der Waals surface area contributed by atoms with Crippen molar-refractivity contribution >= 4 is 5.91 Å². The molecule has 2 nitrogen and oxygen atoms in total. The van der Waals surface area contributed by atoms with E-state index in [-0.39, 0.29) is 17.1 Å². The van der Waals surface area contributed by atoms with Crippen LogP contribution in [0.15, 0.2) is 23.7 Å². The topological polar surface area (TPSA) is 29.1 Å². The average Bonchev–Trinajstić information content (AvgIpc) is 2.48. The molecule has 0 heterocycles. The van der Waals surface area contributed by atoms with Crippen LogP contribution >= 0.6 is 0 Å². The third-order valence-electron chi connectivity index (χ3n) is 4.87. The monoisotopic (exact) mass is 293 g/mol. The molecule has 0 aromatic carbocycles. The van der Waals surface area contributed by atoms with Crippen LogP contribution in [0.5, 0.6) is 0 Å². The summed E-state index contributed by atoms with van der Waals surface area (Å²) < 4.78 is 13.0. The van der Waals surface area contributed by atoms with Crippen LogP contribution in [0.4, 0.5) is 4.39 Å². The predicted molar refractivity (Wildman–Crippen MR) is 84.2 cm³/mol. The largest absolute Gasteiger partial charge is 0.329 e. The van der Waals surface area contributed by atoms with Crippen molar-refractivity contribution in [2.75, 3.05) is 0 Å². The van der Waals surface area contributed by atoms with Gasteiger partial charge in [-0.2, -0.15) is 0 Å². The Morgan fingerprint density at radius 1 is 1.24 bits per heavy atom. The zero-order chi connectivity index (χ0) is 15.3. The van der Waals surface area contributed by atoms with Gasteiger partial charge in [0.15, 0.2) is 0 Å². The van der Waals surface area contributed by atoms with E-state index in [0.717, 1.165) is 44.2 Å². The first kappa shape index (κ1) is 16.3. The highest BCUT2D eigenvalue weighted by atomic mass is 19.1. The summed E-state index contributed by atoms with van der Waals surface area (Å²) in [6.45, 7) is 4.43. The number of hydrogen-bond acceptors (Lipinski definition) is 1. The molecule has 1 amide bonds. The Kier molecular flexibility index (Phi) is 5.60. The molecule has 1 N–H and O–H groups in total. The van der Waals surface area contributed by atoms with Crippen molar-refractivity contribution in [1.29, 1.82) is 0 Å². The molecule has 0 bridgehead atoms. The Morgan fingerprint density at radius 3 is 2.52 bits per heavy atom. The summed E-state index contributed by atoms with van der Waals surface area (Å²) in [5.74, 6) is 0.701. The lowest BCUT2D eigenvalue weighted by molar-refractivity contribution is -0.133. The third-order valence-corrected chi connectivity index (χ3v) is 4.87. The van der Waals surface area contributed by atoms with Crippen LogP contribution in [0.25, 0.3) is 0 Å². The Labute approximate surface area is 127 Å². The van der Waals surface area contributed by atoms with Gasteiger partial charge in [0.05, 0.1) is 0 Å². The van der Waals surface area contributed by atoms with Crippen molar-refractivity contribution in [2.45, 2.75) is 71.6 Å². The van der Waals surface area contributed by atoms with Crippen molar-refractivity contribution in [3.8, 4) is 0 Å². The predicted octanol–water partition coefficient (Wildman–Crippen LogP) is 5.02. The van der Waals surface area contributed by atoms with Gasteiger partial charge in [-0.15, -0.1) is 0 Å². The first-order chi connectivity index (χ1) is 10.0. The highest BCUT2D eigenvalue weighted by molar-refractivity contribution is 5.84. The summed E-state index contributed by atoms with van der Waals surface area (Å²) in [6.07, 6.45) is 11.8. The van der Waals surface area contributed by atoms with E-state index in [2.05, 4.69) is 19.2 Å². The minimum atomic E-state index is -0.191. The number of halogens is 1. The second-order valence-electron chi connectivity index (χ2n) is 7.03. The van der Waals surface area contributed by atoms with E-state index in [1.54, 1.807) is 6.08 Å². The zero-order valence-corrected chi connectivity index (χ0v) is 13.4. The quantitative estimate of drug-likeness (QED) is 0.757. The molecule has 0 saturated heterocycles. The maximum atomic E-state index is 13.0. The molecular formula is C18H28FNO. The zero-order valence-electron chi connectivity index (χ0n) is 13.4. The standard InChI is InChI=1S/C18H28FNO/c1-14(2)10-13-18(11-4-3-5-12-18)17(21)20-16-8-6-15(19)7-9-16/h6,8,14H,3-5,7,9-13H2,1-2H3,(H,20,21). The maximum absolute atomic E-state index is 13.0. The Hall–Kier alpha value is -1.12. The summed E-state index contributed by atoms with van der Waals surface area (Å²) >= 11 is 0. The van der Waals surface area contributed by atoms with Crippen LogP contribution in [-0.4, -0.2) is 5.91 Å². The van der Waals surface area contributed by atoms with Crippen molar-refractivity contribution in [1.82, 2.24) is 5.32 Å². The minimum Gasteiger partial charge on any atom is -0.329 e. The van der Waals surface area contributed by atoms with Crippen LogP contribution in [0.2, 0.25) is 0 Å². The minimum absolute atomic E-state index is 0.0970. The first-order valence-electron chi connectivity index (χ1n) is 8.38.